The Balaban J connectivity index is 2.02. The van der Waals surface area contributed by atoms with Gasteiger partial charge in [-0.05, 0) is 30.0 Å². The van der Waals surface area contributed by atoms with E-state index in [0.717, 1.165) is 17.0 Å². The van der Waals surface area contributed by atoms with Gasteiger partial charge in [0.25, 0.3) is 0 Å². The molecule has 0 bridgehead atoms. The molecule has 1 heterocycles. The predicted molar refractivity (Wildman–Crippen MR) is 74.9 cm³/mol. The Bertz CT molecular complexity index is 522. The van der Waals surface area contributed by atoms with E-state index < -0.39 is 0 Å². The van der Waals surface area contributed by atoms with Crippen molar-refractivity contribution >= 4 is 11.6 Å². The molecular formula is C14H18ClN3O. The zero-order valence-corrected chi connectivity index (χ0v) is 11.9. The number of nitrogens with two attached hydrogens (primary N) is 1. The van der Waals surface area contributed by atoms with Crippen LogP contribution in [0.3, 0.4) is 0 Å². The molecule has 0 saturated carbocycles. The largest absolute Gasteiger partial charge is 0.338 e. The third-order valence-corrected chi connectivity index (χ3v) is 3.05. The van der Waals surface area contributed by atoms with Gasteiger partial charge in [0.05, 0.1) is 6.04 Å². The lowest BCUT2D eigenvalue weighted by atomic mass is 10.0. The van der Waals surface area contributed by atoms with Crippen molar-refractivity contribution in [3.05, 3.63) is 46.6 Å². The first kappa shape index (κ1) is 14.0. The molecule has 0 radical (unpaired) electrons. The quantitative estimate of drug-likeness (QED) is 0.911. The van der Waals surface area contributed by atoms with Crippen molar-refractivity contribution in [1.29, 1.82) is 0 Å². The van der Waals surface area contributed by atoms with Gasteiger partial charge in [-0.1, -0.05) is 42.7 Å². The van der Waals surface area contributed by atoms with E-state index in [0.29, 0.717) is 24.1 Å². The Labute approximate surface area is 118 Å². The van der Waals surface area contributed by atoms with Gasteiger partial charge in [0.1, 0.15) is 0 Å². The summed E-state index contributed by atoms with van der Waals surface area (Å²) in [6, 6.07) is 7.41. The molecule has 1 unspecified atom stereocenters. The minimum Gasteiger partial charge on any atom is -0.338 e. The van der Waals surface area contributed by atoms with Crippen LogP contribution in [0.5, 0.6) is 0 Å². The molecule has 1 aromatic heterocycles. The van der Waals surface area contributed by atoms with Crippen molar-refractivity contribution in [2.45, 2.75) is 32.7 Å². The molecule has 102 valence electrons. The Morgan fingerprint density at radius 3 is 2.58 bits per heavy atom. The zero-order valence-electron chi connectivity index (χ0n) is 11.1. The first-order chi connectivity index (χ1) is 9.04. The lowest BCUT2D eigenvalue weighted by Crippen LogP contribution is -2.13. The maximum atomic E-state index is 6.01. The minimum atomic E-state index is -0.188. The fourth-order valence-corrected chi connectivity index (χ4v) is 2.01. The first-order valence-corrected chi connectivity index (χ1v) is 6.75. The molecule has 4 nitrogen and oxygen atoms in total. The number of benzene rings is 1. The molecule has 0 aliphatic heterocycles. The van der Waals surface area contributed by atoms with Gasteiger partial charge in [0.15, 0.2) is 5.82 Å². The van der Waals surface area contributed by atoms with Crippen LogP contribution in [0.25, 0.3) is 0 Å². The van der Waals surface area contributed by atoms with Crippen LogP contribution >= 0.6 is 11.6 Å². The summed E-state index contributed by atoms with van der Waals surface area (Å²) >= 11 is 5.84. The standard InChI is InChI=1S/C14H18ClN3O/c1-9(2)7-12(16)14-17-13(18-19-14)8-10-3-5-11(15)6-4-10/h3-6,9,12H,7-8,16H2,1-2H3. The second kappa shape index (κ2) is 6.17. The van der Waals surface area contributed by atoms with E-state index >= 15 is 0 Å². The summed E-state index contributed by atoms with van der Waals surface area (Å²) in [7, 11) is 0. The maximum absolute atomic E-state index is 6.01. The van der Waals surface area contributed by atoms with Crippen LogP contribution in [0.15, 0.2) is 28.8 Å². The van der Waals surface area contributed by atoms with Gasteiger partial charge in [-0.2, -0.15) is 4.98 Å². The first-order valence-electron chi connectivity index (χ1n) is 6.37. The lowest BCUT2D eigenvalue weighted by Gasteiger charge is -2.08. The molecule has 5 heteroatoms. The molecule has 2 N–H and O–H groups in total. The van der Waals surface area contributed by atoms with E-state index in [1.165, 1.54) is 0 Å². The SMILES string of the molecule is CC(C)CC(N)c1nc(Cc2ccc(Cl)cc2)no1. The number of halogens is 1. The Morgan fingerprint density at radius 2 is 1.95 bits per heavy atom. The van der Waals surface area contributed by atoms with E-state index in [1.54, 1.807) is 0 Å². The van der Waals surface area contributed by atoms with Crippen LogP contribution in [0.1, 0.15) is 43.6 Å². The van der Waals surface area contributed by atoms with Crippen molar-refractivity contribution in [1.82, 2.24) is 10.1 Å². The fraction of sp³-hybridized carbons (Fsp3) is 0.429. The third-order valence-electron chi connectivity index (χ3n) is 2.80. The van der Waals surface area contributed by atoms with Crippen LogP contribution in [-0.2, 0) is 6.42 Å². The highest BCUT2D eigenvalue weighted by Crippen LogP contribution is 2.18. The normalized spacial score (nSPS) is 12.9. The summed E-state index contributed by atoms with van der Waals surface area (Å²) in [5.41, 5.74) is 7.10. The monoisotopic (exact) mass is 279 g/mol. The fourth-order valence-electron chi connectivity index (χ4n) is 1.88. The third kappa shape index (κ3) is 4.04. The van der Waals surface area contributed by atoms with Crippen molar-refractivity contribution in [3.8, 4) is 0 Å². The maximum Gasteiger partial charge on any atom is 0.243 e. The number of aromatic nitrogens is 2. The van der Waals surface area contributed by atoms with Gasteiger partial charge < -0.3 is 10.3 Å². The molecule has 0 aliphatic carbocycles. The van der Waals surface area contributed by atoms with E-state index in [1.807, 2.05) is 24.3 Å². The Morgan fingerprint density at radius 1 is 1.26 bits per heavy atom. The van der Waals surface area contributed by atoms with E-state index in [-0.39, 0.29) is 6.04 Å². The highest BCUT2D eigenvalue weighted by atomic mass is 35.5. The summed E-state index contributed by atoms with van der Waals surface area (Å²) in [5, 5.41) is 4.68. The molecule has 0 fully saturated rings. The Hall–Kier alpha value is -1.39. The molecule has 0 spiro atoms. The highest BCUT2D eigenvalue weighted by molar-refractivity contribution is 6.30. The van der Waals surface area contributed by atoms with Gasteiger partial charge >= 0.3 is 0 Å². The summed E-state index contributed by atoms with van der Waals surface area (Å²) in [6.45, 7) is 4.23. The minimum absolute atomic E-state index is 0.188. The van der Waals surface area contributed by atoms with Crippen LogP contribution in [0.2, 0.25) is 5.02 Å². The van der Waals surface area contributed by atoms with Crippen molar-refractivity contribution < 1.29 is 4.52 Å². The zero-order chi connectivity index (χ0) is 13.8. The van der Waals surface area contributed by atoms with Crippen molar-refractivity contribution in [3.63, 3.8) is 0 Å². The highest BCUT2D eigenvalue weighted by Gasteiger charge is 2.16. The number of nitrogens with zero attached hydrogens (tertiary/aromatic N) is 2. The topological polar surface area (TPSA) is 64.9 Å². The summed E-state index contributed by atoms with van der Waals surface area (Å²) < 4.78 is 5.21. The van der Waals surface area contributed by atoms with Gasteiger partial charge in [-0.25, -0.2) is 0 Å². The molecule has 1 aromatic carbocycles. The molecular weight excluding hydrogens is 262 g/mol. The van der Waals surface area contributed by atoms with Crippen LogP contribution in [0.4, 0.5) is 0 Å². The van der Waals surface area contributed by atoms with Gasteiger partial charge in [0.2, 0.25) is 5.89 Å². The molecule has 0 saturated heterocycles. The van der Waals surface area contributed by atoms with Gasteiger partial charge in [0, 0.05) is 11.4 Å². The van der Waals surface area contributed by atoms with Gasteiger partial charge in [-0.15, -0.1) is 0 Å². The van der Waals surface area contributed by atoms with E-state index in [2.05, 4.69) is 24.0 Å². The number of hydrogen-bond donors (Lipinski definition) is 1. The predicted octanol–water partition coefficient (Wildman–Crippen LogP) is 3.36. The second-order valence-corrected chi connectivity index (χ2v) is 5.52. The molecule has 0 amide bonds. The molecule has 1 atom stereocenters. The van der Waals surface area contributed by atoms with E-state index in [9.17, 15) is 0 Å². The lowest BCUT2D eigenvalue weighted by molar-refractivity contribution is 0.333. The van der Waals surface area contributed by atoms with Crippen molar-refractivity contribution in [2.75, 3.05) is 0 Å². The second-order valence-electron chi connectivity index (χ2n) is 5.09. The van der Waals surface area contributed by atoms with Crippen LogP contribution in [0, 0.1) is 5.92 Å². The van der Waals surface area contributed by atoms with Crippen LogP contribution < -0.4 is 5.73 Å². The molecule has 0 aliphatic rings. The Kier molecular flexibility index (Phi) is 4.56. The molecule has 19 heavy (non-hydrogen) atoms. The van der Waals surface area contributed by atoms with E-state index in [4.69, 9.17) is 21.9 Å². The van der Waals surface area contributed by atoms with Crippen LogP contribution in [-0.4, -0.2) is 10.1 Å². The molecule has 2 aromatic rings. The average Bonchev–Trinajstić information content (AvgIpc) is 2.80. The molecule has 2 rings (SSSR count). The average molecular weight is 280 g/mol. The number of hydrogen-bond acceptors (Lipinski definition) is 4. The summed E-state index contributed by atoms with van der Waals surface area (Å²) in [6.07, 6.45) is 1.46. The summed E-state index contributed by atoms with van der Waals surface area (Å²) in [5.74, 6) is 1.66. The number of rotatable bonds is 5. The summed E-state index contributed by atoms with van der Waals surface area (Å²) in [4.78, 5) is 4.35. The van der Waals surface area contributed by atoms with Crippen molar-refractivity contribution in [2.24, 2.45) is 11.7 Å². The van der Waals surface area contributed by atoms with Gasteiger partial charge in [-0.3, -0.25) is 0 Å². The smallest absolute Gasteiger partial charge is 0.243 e.